The molecule has 1 heterocycles. The molecule has 1 aromatic carbocycles. The summed E-state index contributed by atoms with van der Waals surface area (Å²) in [4.78, 5) is 12.4. The molecule has 0 aliphatic rings. The monoisotopic (exact) mass is 321 g/mol. The predicted octanol–water partition coefficient (Wildman–Crippen LogP) is 3.71. The number of furan rings is 1. The zero-order valence-electron chi connectivity index (χ0n) is 13.1. The molecule has 2 aromatic rings. The molecule has 0 saturated carbocycles. The Balaban J connectivity index is 2.12. The summed E-state index contributed by atoms with van der Waals surface area (Å²) in [5.74, 6) is 1.07. The van der Waals surface area contributed by atoms with Gasteiger partial charge < -0.3 is 14.8 Å². The summed E-state index contributed by atoms with van der Waals surface area (Å²) in [7, 11) is 0. The van der Waals surface area contributed by atoms with E-state index in [-0.39, 0.29) is 5.91 Å². The van der Waals surface area contributed by atoms with Gasteiger partial charge in [-0.25, -0.2) is 0 Å². The molecule has 1 amide bonds. The molecule has 22 heavy (non-hydrogen) atoms. The maximum absolute atomic E-state index is 12.4. The predicted molar refractivity (Wildman–Crippen MR) is 86.3 cm³/mol. The summed E-state index contributed by atoms with van der Waals surface area (Å²) in [6, 6.07) is 6.47. The molecule has 0 aliphatic carbocycles. The fraction of sp³-hybridized carbons (Fsp3) is 0.353. The van der Waals surface area contributed by atoms with Crippen LogP contribution in [-0.2, 0) is 0 Å². The number of halogens is 1. The highest BCUT2D eigenvalue weighted by atomic mass is 35.5. The molecule has 118 valence electrons. The van der Waals surface area contributed by atoms with Gasteiger partial charge in [-0.05, 0) is 45.4 Å². The second-order valence-electron chi connectivity index (χ2n) is 5.47. The number of amides is 1. The van der Waals surface area contributed by atoms with Crippen molar-refractivity contribution >= 4 is 17.5 Å². The van der Waals surface area contributed by atoms with E-state index in [2.05, 4.69) is 5.32 Å². The zero-order chi connectivity index (χ0) is 16.4. The minimum Gasteiger partial charge on any atom is -0.466 e. The minimum absolute atomic E-state index is 0.243. The molecule has 0 saturated heterocycles. The summed E-state index contributed by atoms with van der Waals surface area (Å²) in [6.45, 7) is 7.19. The summed E-state index contributed by atoms with van der Waals surface area (Å²) in [5.41, 5.74) is 2.06. The summed E-state index contributed by atoms with van der Waals surface area (Å²) < 4.78 is 5.47. The lowest BCUT2D eigenvalue weighted by molar-refractivity contribution is 0.0850. The normalized spacial score (nSPS) is 13.7. The lowest BCUT2D eigenvalue weighted by atomic mass is 10.0. The third kappa shape index (κ3) is 3.34. The van der Waals surface area contributed by atoms with E-state index in [1.54, 1.807) is 38.1 Å². The van der Waals surface area contributed by atoms with Crippen LogP contribution in [-0.4, -0.2) is 17.1 Å². The smallest absolute Gasteiger partial charge is 0.255 e. The van der Waals surface area contributed by atoms with E-state index in [1.807, 2.05) is 13.8 Å². The number of nitrogens with one attached hydrogen (secondary N) is 1. The maximum atomic E-state index is 12.4. The number of hydrogen-bond acceptors (Lipinski definition) is 3. The van der Waals surface area contributed by atoms with Crippen molar-refractivity contribution in [1.29, 1.82) is 0 Å². The van der Waals surface area contributed by atoms with Gasteiger partial charge in [0.25, 0.3) is 5.91 Å². The second-order valence-corrected chi connectivity index (χ2v) is 5.91. The standard InChI is InChI=1S/C17H20ClNO3/c1-9-11(3)22-12(4)15(9)17(21)19-10(2)16(20)13-5-7-14(18)8-6-13/h5-8,10,16,20H,1-4H3,(H,19,21). The number of aliphatic hydroxyl groups is 1. The Kier molecular flexibility index (Phi) is 4.94. The Bertz CT molecular complexity index is 676. The van der Waals surface area contributed by atoms with Gasteiger partial charge in [-0.15, -0.1) is 0 Å². The minimum atomic E-state index is -0.810. The van der Waals surface area contributed by atoms with E-state index in [0.717, 1.165) is 11.3 Å². The van der Waals surface area contributed by atoms with Gasteiger partial charge in [0, 0.05) is 10.6 Å². The molecule has 5 heteroatoms. The van der Waals surface area contributed by atoms with E-state index >= 15 is 0 Å². The van der Waals surface area contributed by atoms with Gasteiger partial charge in [0.05, 0.1) is 17.7 Å². The molecule has 4 nitrogen and oxygen atoms in total. The van der Waals surface area contributed by atoms with Crippen molar-refractivity contribution in [3.05, 3.63) is 57.5 Å². The van der Waals surface area contributed by atoms with Gasteiger partial charge in [-0.2, -0.15) is 0 Å². The van der Waals surface area contributed by atoms with E-state index < -0.39 is 12.1 Å². The van der Waals surface area contributed by atoms with E-state index in [9.17, 15) is 9.90 Å². The highest BCUT2D eigenvalue weighted by Gasteiger charge is 2.23. The second kappa shape index (κ2) is 6.55. The zero-order valence-corrected chi connectivity index (χ0v) is 13.9. The van der Waals surface area contributed by atoms with Gasteiger partial charge in [0.1, 0.15) is 11.5 Å². The molecule has 0 fully saturated rings. The van der Waals surface area contributed by atoms with Crippen molar-refractivity contribution in [2.45, 2.75) is 39.8 Å². The Morgan fingerprint density at radius 3 is 2.27 bits per heavy atom. The molecule has 2 atom stereocenters. The first-order valence-electron chi connectivity index (χ1n) is 7.12. The Morgan fingerprint density at radius 2 is 1.77 bits per heavy atom. The molecule has 2 rings (SSSR count). The average molecular weight is 322 g/mol. The first kappa shape index (κ1) is 16.6. The maximum Gasteiger partial charge on any atom is 0.255 e. The molecule has 2 N–H and O–H groups in total. The number of carbonyl (C=O) groups excluding carboxylic acids is 1. The fourth-order valence-corrected chi connectivity index (χ4v) is 2.56. The first-order valence-corrected chi connectivity index (χ1v) is 7.50. The van der Waals surface area contributed by atoms with Crippen molar-refractivity contribution in [1.82, 2.24) is 5.32 Å². The van der Waals surface area contributed by atoms with E-state index in [1.165, 1.54) is 0 Å². The molecule has 0 spiro atoms. The number of carbonyl (C=O) groups is 1. The Hall–Kier alpha value is -1.78. The van der Waals surface area contributed by atoms with Crippen LogP contribution in [0, 0.1) is 20.8 Å². The SMILES string of the molecule is Cc1oc(C)c(C(=O)NC(C)C(O)c2ccc(Cl)cc2)c1C. The average Bonchev–Trinajstić information content (AvgIpc) is 2.72. The van der Waals surface area contributed by atoms with E-state index in [0.29, 0.717) is 21.9 Å². The fourth-order valence-electron chi connectivity index (χ4n) is 2.43. The largest absolute Gasteiger partial charge is 0.466 e. The van der Waals surface area contributed by atoms with Crippen LogP contribution in [0.2, 0.25) is 5.02 Å². The number of benzene rings is 1. The number of aryl methyl sites for hydroxylation is 2. The van der Waals surface area contributed by atoms with Crippen molar-refractivity contribution in [2.75, 3.05) is 0 Å². The third-order valence-electron chi connectivity index (χ3n) is 3.83. The van der Waals surface area contributed by atoms with Crippen LogP contribution in [0.3, 0.4) is 0 Å². The van der Waals surface area contributed by atoms with Crippen molar-refractivity contribution in [3.63, 3.8) is 0 Å². The quantitative estimate of drug-likeness (QED) is 0.902. The van der Waals surface area contributed by atoms with Crippen molar-refractivity contribution in [3.8, 4) is 0 Å². The lowest BCUT2D eigenvalue weighted by Gasteiger charge is -2.20. The highest BCUT2D eigenvalue weighted by molar-refractivity contribution is 6.30. The topological polar surface area (TPSA) is 62.5 Å². The molecular weight excluding hydrogens is 302 g/mol. The van der Waals surface area contributed by atoms with Crippen molar-refractivity contribution in [2.24, 2.45) is 0 Å². The van der Waals surface area contributed by atoms with Crippen LogP contribution in [0.25, 0.3) is 0 Å². The number of rotatable bonds is 4. The Morgan fingerprint density at radius 1 is 1.18 bits per heavy atom. The number of aliphatic hydroxyl groups excluding tert-OH is 1. The highest BCUT2D eigenvalue weighted by Crippen LogP contribution is 2.23. The first-order chi connectivity index (χ1) is 10.3. The molecule has 1 aromatic heterocycles. The summed E-state index contributed by atoms with van der Waals surface area (Å²) in [5, 5.41) is 13.8. The molecule has 0 radical (unpaired) electrons. The van der Waals surface area contributed by atoms with Gasteiger partial charge in [0.2, 0.25) is 0 Å². The molecule has 0 aliphatic heterocycles. The van der Waals surface area contributed by atoms with Crippen LogP contribution in [0.1, 0.15) is 46.0 Å². The Labute approximate surface area is 135 Å². The molecule has 2 unspecified atom stereocenters. The van der Waals surface area contributed by atoms with Gasteiger partial charge >= 0.3 is 0 Å². The molecular formula is C17H20ClNO3. The third-order valence-corrected chi connectivity index (χ3v) is 4.08. The number of hydrogen-bond donors (Lipinski definition) is 2. The van der Waals surface area contributed by atoms with Gasteiger partial charge in [-0.3, -0.25) is 4.79 Å². The van der Waals surface area contributed by atoms with Crippen molar-refractivity contribution < 1.29 is 14.3 Å². The van der Waals surface area contributed by atoms with Crippen LogP contribution >= 0.6 is 11.6 Å². The van der Waals surface area contributed by atoms with Gasteiger partial charge in [0.15, 0.2) is 0 Å². The van der Waals surface area contributed by atoms with Crippen LogP contribution < -0.4 is 5.32 Å². The molecule has 0 bridgehead atoms. The van der Waals surface area contributed by atoms with Crippen LogP contribution in [0.15, 0.2) is 28.7 Å². The summed E-state index contributed by atoms with van der Waals surface area (Å²) >= 11 is 5.84. The van der Waals surface area contributed by atoms with E-state index in [4.69, 9.17) is 16.0 Å². The lowest BCUT2D eigenvalue weighted by Crippen LogP contribution is -2.37. The van der Waals surface area contributed by atoms with Crippen LogP contribution in [0.5, 0.6) is 0 Å². The summed E-state index contributed by atoms with van der Waals surface area (Å²) in [6.07, 6.45) is -0.810. The van der Waals surface area contributed by atoms with Crippen LogP contribution in [0.4, 0.5) is 0 Å². The van der Waals surface area contributed by atoms with Gasteiger partial charge in [-0.1, -0.05) is 23.7 Å².